The fourth-order valence-corrected chi connectivity index (χ4v) is 4.31. The van der Waals surface area contributed by atoms with Crippen molar-refractivity contribution in [1.82, 2.24) is 4.90 Å². The zero-order valence-corrected chi connectivity index (χ0v) is 16.8. The summed E-state index contributed by atoms with van der Waals surface area (Å²) in [7, 11) is 1.91. The van der Waals surface area contributed by atoms with Crippen molar-refractivity contribution in [3.8, 4) is 22.8 Å². The van der Waals surface area contributed by atoms with Gasteiger partial charge in [-0.15, -0.1) is 0 Å². The lowest BCUT2D eigenvalue weighted by atomic mass is 9.89. The van der Waals surface area contributed by atoms with Crippen LogP contribution in [0.4, 0.5) is 0 Å². The summed E-state index contributed by atoms with van der Waals surface area (Å²) in [5.41, 5.74) is 0.942. The molecule has 2 heterocycles. The molecule has 146 valence electrons. The van der Waals surface area contributed by atoms with E-state index in [2.05, 4.69) is 15.9 Å². The van der Waals surface area contributed by atoms with Gasteiger partial charge in [0.1, 0.15) is 28.2 Å². The van der Waals surface area contributed by atoms with Gasteiger partial charge in [0.2, 0.25) is 0 Å². The van der Waals surface area contributed by atoms with Gasteiger partial charge in [-0.2, -0.15) is 0 Å². The number of likely N-dealkylation sites (N-methyl/N-ethyl adjacent to an activating group) is 1. The lowest BCUT2D eigenvalue weighted by Crippen LogP contribution is -2.32. The molecule has 0 radical (unpaired) electrons. The van der Waals surface area contributed by atoms with Gasteiger partial charge in [0.15, 0.2) is 5.43 Å². The maximum absolute atomic E-state index is 12.8. The smallest absolute Gasteiger partial charge is 0.197 e. The van der Waals surface area contributed by atoms with Crippen LogP contribution < -0.4 is 5.43 Å². The Labute approximate surface area is 169 Å². The summed E-state index contributed by atoms with van der Waals surface area (Å²) in [6, 6.07) is 9.63. The Morgan fingerprint density at radius 3 is 2.57 bits per heavy atom. The number of halogens is 1. The van der Waals surface area contributed by atoms with Gasteiger partial charge in [-0.25, -0.2) is 0 Å². The SMILES string of the molecule is CN1CC[C@H](c2c(O)cc(O)c3c(=O)cc(-c4ccc(Br)cc4)oc23)[C@H]1CO. The molecule has 3 aromatic rings. The Kier molecular flexibility index (Phi) is 4.91. The molecule has 2 atom stereocenters. The number of aliphatic hydroxyl groups excluding tert-OH is 1. The molecule has 4 rings (SSSR count). The van der Waals surface area contributed by atoms with Crippen LogP contribution in [0, 0.1) is 0 Å². The fourth-order valence-electron chi connectivity index (χ4n) is 4.05. The number of hydrogen-bond acceptors (Lipinski definition) is 6. The summed E-state index contributed by atoms with van der Waals surface area (Å²) in [6.07, 6.45) is 0.696. The van der Waals surface area contributed by atoms with Crippen molar-refractivity contribution in [3.05, 3.63) is 56.7 Å². The number of likely N-dealkylation sites (tertiary alicyclic amines) is 1. The van der Waals surface area contributed by atoms with Gasteiger partial charge >= 0.3 is 0 Å². The molecule has 1 aliphatic heterocycles. The molecule has 0 aliphatic carbocycles. The normalized spacial score (nSPS) is 20.1. The third-order valence-corrected chi connectivity index (χ3v) is 6.04. The van der Waals surface area contributed by atoms with Crippen LogP contribution >= 0.6 is 15.9 Å². The standard InChI is InChI=1S/C21H20BrNO5/c1-23-7-6-13(14(23)10-24)19-15(25)8-16(26)20-17(27)9-18(28-21(19)20)11-2-4-12(22)5-3-11/h2-5,8-9,13-14,24-26H,6-7,10H2,1H3/t13-,14+/m0/s1. The zero-order chi connectivity index (χ0) is 20.0. The minimum atomic E-state index is -0.384. The van der Waals surface area contributed by atoms with E-state index in [0.717, 1.165) is 11.0 Å². The van der Waals surface area contributed by atoms with Gasteiger partial charge in [0.05, 0.1) is 6.61 Å². The van der Waals surface area contributed by atoms with Crippen LogP contribution in [-0.4, -0.2) is 46.5 Å². The monoisotopic (exact) mass is 445 g/mol. The van der Waals surface area contributed by atoms with E-state index >= 15 is 0 Å². The number of aliphatic hydroxyl groups is 1. The molecule has 6 nitrogen and oxygen atoms in total. The first kappa shape index (κ1) is 19.0. The van der Waals surface area contributed by atoms with E-state index in [4.69, 9.17) is 4.42 Å². The van der Waals surface area contributed by atoms with E-state index in [1.54, 1.807) is 0 Å². The molecule has 7 heteroatoms. The lowest BCUT2D eigenvalue weighted by molar-refractivity contribution is 0.172. The summed E-state index contributed by atoms with van der Waals surface area (Å²) < 4.78 is 6.96. The van der Waals surface area contributed by atoms with Crippen LogP contribution in [0.5, 0.6) is 11.5 Å². The van der Waals surface area contributed by atoms with E-state index < -0.39 is 0 Å². The lowest BCUT2D eigenvalue weighted by Gasteiger charge is -2.24. The molecular formula is C21H20BrNO5. The van der Waals surface area contributed by atoms with Gasteiger partial charge in [-0.1, -0.05) is 28.1 Å². The van der Waals surface area contributed by atoms with E-state index in [1.807, 2.05) is 36.2 Å². The average Bonchev–Trinajstić information content (AvgIpc) is 3.01. The summed E-state index contributed by atoms with van der Waals surface area (Å²) >= 11 is 3.38. The highest BCUT2D eigenvalue weighted by atomic mass is 79.9. The highest BCUT2D eigenvalue weighted by Crippen LogP contribution is 2.44. The number of hydrogen-bond donors (Lipinski definition) is 3. The average molecular weight is 446 g/mol. The van der Waals surface area contributed by atoms with Gasteiger partial charge in [-0.3, -0.25) is 4.79 Å². The van der Waals surface area contributed by atoms with Crippen LogP contribution in [0.25, 0.3) is 22.3 Å². The highest BCUT2D eigenvalue weighted by Gasteiger charge is 2.36. The van der Waals surface area contributed by atoms with E-state index in [-0.39, 0.29) is 46.5 Å². The van der Waals surface area contributed by atoms with Gasteiger partial charge in [0.25, 0.3) is 0 Å². The summed E-state index contributed by atoms with van der Waals surface area (Å²) in [5, 5.41) is 30.8. The van der Waals surface area contributed by atoms with Gasteiger partial charge in [0, 0.05) is 39.7 Å². The van der Waals surface area contributed by atoms with E-state index in [1.165, 1.54) is 12.1 Å². The largest absolute Gasteiger partial charge is 0.507 e. The first-order valence-electron chi connectivity index (χ1n) is 9.00. The number of phenols is 2. The van der Waals surface area contributed by atoms with Crippen LogP contribution in [-0.2, 0) is 0 Å². The maximum Gasteiger partial charge on any atom is 0.197 e. The van der Waals surface area contributed by atoms with Crippen molar-refractivity contribution in [2.24, 2.45) is 0 Å². The van der Waals surface area contributed by atoms with Crippen molar-refractivity contribution >= 4 is 26.9 Å². The number of phenolic OH excluding ortho intramolecular Hbond substituents is 2. The molecule has 3 N–H and O–H groups in total. The Morgan fingerprint density at radius 1 is 1.18 bits per heavy atom. The third-order valence-electron chi connectivity index (χ3n) is 5.51. The van der Waals surface area contributed by atoms with Crippen molar-refractivity contribution in [3.63, 3.8) is 0 Å². The molecule has 1 saturated heterocycles. The van der Waals surface area contributed by atoms with Crippen molar-refractivity contribution in [1.29, 1.82) is 0 Å². The Hall–Kier alpha value is -2.35. The molecule has 1 aliphatic rings. The van der Waals surface area contributed by atoms with Crippen molar-refractivity contribution in [2.45, 2.75) is 18.4 Å². The van der Waals surface area contributed by atoms with Crippen LogP contribution in [0.1, 0.15) is 17.9 Å². The first-order chi connectivity index (χ1) is 13.4. The molecule has 0 unspecified atom stereocenters. The quantitative estimate of drug-likeness (QED) is 0.571. The van der Waals surface area contributed by atoms with Gasteiger partial charge < -0.3 is 24.6 Å². The second-order valence-corrected chi connectivity index (χ2v) is 8.06. The van der Waals surface area contributed by atoms with E-state index in [0.29, 0.717) is 23.3 Å². The first-order valence-corrected chi connectivity index (χ1v) is 9.79. The molecule has 1 aromatic heterocycles. The number of benzene rings is 2. The Bertz CT molecular complexity index is 1090. The predicted octanol–water partition coefficient (Wildman–Crippen LogP) is 3.41. The minimum absolute atomic E-state index is 0.0416. The molecule has 28 heavy (non-hydrogen) atoms. The minimum Gasteiger partial charge on any atom is -0.507 e. The number of aromatic hydroxyl groups is 2. The highest BCUT2D eigenvalue weighted by molar-refractivity contribution is 9.10. The molecule has 0 spiro atoms. The molecule has 2 aromatic carbocycles. The maximum atomic E-state index is 12.8. The zero-order valence-electron chi connectivity index (χ0n) is 15.2. The number of fused-ring (bicyclic) bond motifs is 1. The van der Waals surface area contributed by atoms with Crippen molar-refractivity contribution < 1.29 is 19.7 Å². The molecule has 0 amide bonds. The topological polar surface area (TPSA) is 94.1 Å². The Morgan fingerprint density at radius 2 is 1.89 bits per heavy atom. The number of nitrogens with zero attached hydrogens (tertiary/aromatic N) is 1. The molecule has 0 bridgehead atoms. The van der Waals surface area contributed by atoms with Gasteiger partial charge in [-0.05, 0) is 32.1 Å². The number of rotatable bonds is 3. The van der Waals surface area contributed by atoms with Crippen LogP contribution in [0.3, 0.4) is 0 Å². The second kappa shape index (κ2) is 7.24. The summed E-state index contributed by atoms with van der Waals surface area (Å²) in [6.45, 7) is 0.661. The third kappa shape index (κ3) is 3.09. The Balaban J connectivity index is 1.99. The molecular weight excluding hydrogens is 426 g/mol. The predicted molar refractivity (Wildman–Crippen MR) is 110 cm³/mol. The molecule has 1 fully saturated rings. The van der Waals surface area contributed by atoms with Crippen LogP contribution in [0.2, 0.25) is 0 Å². The van der Waals surface area contributed by atoms with E-state index in [9.17, 15) is 20.1 Å². The summed E-state index contributed by atoms with van der Waals surface area (Å²) in [5.74, 6) is -0.330. The summed E-state index contributed by atoms with van der Waals surface area (Å²) in [4.78, 5) is 14.8. The second-order valence-electron chi connectivity index (χ2n) is 7.14. The molecule has 0 saturated carbocycles. The van der Waals surface area contributed by atoms with Crippen LogP contribution in [0.15, 0.2) is 50.1 Å². The fraction of sp³-hybridized carbons (Fsp3) is 0.286. The van der Waals surface area contributed by atoms with Crippen molar-refractivity contribution in [2.75, 3.05) is 20.2 Å².